The number of carbonyl (C=O) groups is 1. The average molecular weight is 429 g/mol. The molecule has 30 heavy (non-hydrogen) atoms. The molecule has 0 saturated heterocycles. The lowest BCUT2D eigenvalue weighted by molar-refractivity contribution is -0.779. The Morgan fingerprint density at radius 3 is 2.90 bits per heavy atom. The number of pyridine rings is 1. The van der Waals surface area contributed by atoms with Gasteiger partial charge in [0.1, 0.15) is 9.71 Å². The van der Waals surface area contributed by atoms with E-state index in [0.29, 0.717) is 27.8 Å². The fourth-order valence-electron chi connectivity index (χ4n) is 4.04. The first kappa shape index (κ1) is 20.8. The second-order valence-electron chi connectivity index (χ2n) is 9.17. The van der Waals surface area contributed by atoms with Crippen LogP contribution in [-0.4, -0.2) is 16.2 Å². The molecule has 0 aromatic carbocycles. The maximum atomic E-state index is 12.8. The number of fused-ring (bicyclic) bond motifs is 2. The Bertz CT molecular complexity index is 1100. The number of anilines is 2. The Hall–Kier alpha value is -2.48. The van der Waals surface area contributed by atoms with Crippen molar-refractivity contribution in [2.24, 2.45) is 11.3 Å². The Kier molecular flexibility index (Phi) is 5.30. The van der Waals surface area contributed by atoms with Crippen LogP contribution >= 0.6 is 11.3 Å². The second-order valence-corrected chi connectivity index (χ2v) is 10.2. The minimum absolute atomic E-state index is 0.144. The fraction of sp³-hybridized carbons (Fsp3) is 0.545. The molecule has 7 nitrogen and oxygen atoms in total. The fourth-order valence-corrected chi connectivity index (χ4v) is 5.03. The number of hydrogen-bond acceptors (Lipinski definition) is 6. The van der Waals surface area contributed by atoms with Gasteiger partial charge in [0.2, 0.25) is 5.27 Å². The quantitative estimate of drug-likeness (QED) is 0.582. The topological polar surface area (TPSA) is 97.9 Å². The van der Waals surface area contributed by atoms with E-state index in [1.54, 1.807) is 10.9 Å². The van der Waals surface area contributed by atoms with Crippen LogP contribution in [0.25, 0.3) is 10.2 Å². The molecule has 1 aliphatic carbocycles. The Balaban J connectivity index is 1.62. The van der Waals surface area contributed by atoms with Crippen LogP contribution in [0.15, 0.2) is 16.8 Å². The molecular formula is C22H30N5O2S+. The lowest BCUT2D eigenvalue weighted by Crippen LogP contribution is -2.36. The molecule has 0 bridgehead atoms. The lowest BCUT2D eigenvalue weighted by atomic mass is 9.69. The van der Waals surface area contributed by atoms with Crippen LogP contribution < -0.4 is 15.7 Å². The van der Waals surface area contributed by atoms with Crippen molar-refractivity contribution < 1.29 is 14.0 Å². The third-order valence-corrected chi connectivity index (χ3v) is 7.67. The molecule has 4 rings (SSSR count). The maximum absolute atomic E-state index is 12.8. The molecule has 1 unspecified atom stereocenters. The first-order valence-electron chi connectivity index (χ1n) is 10.6. The van der Waals surface area contributed by atoms with Crippen LogP contribution in [0.5, 0.6) is 0 Å². The second kappa shape index (κ2) is 7.65. The molecule has 3 heterocycles. The van der Waals surface area contributed by atoms with Crippen molar-refractivity contribution in [2.75, 3.05) is 11.1 Å². The lowest BCUT2D eigenvalue weighted by Gasteiger charge is -2.36. The molecule has 0 radical (unpaired) electrons. The molecule has 3 aromatic rings. The number of carbonyl (C=O) groups excluding carboxylic acids is 1. The van der Waals surface area contributed by atoms with Gasteiger partial charge in [-0.2, -0.15) is 0 Å². The summed E-state index contributed by atoms with van der Waals surface area (Å²) < 4.78 is 6.84. The van der Waals surface area contributed by atoms with Gasteiger partial charge in [0.25, 0.3) is 12.1 Å². The van der Waals surface area contributed by atoms with Gasteiger partial charge in [-0.05, 0) is 60.8 Å². The number of nitrogen functional groups attached to an aromatic ring is 1. The van der Waals surface area contributed by atoms with Gasteiger partial charge in [0.05, 0.1) is 5.69 Å². The minimum atomic E-state index is -0.300. The van der Waals surface area contributed by atoms with Crippen molar-refractivity contribution in [2.45, 2.75) is 66.3 Å². The number of hydrogen-bond donors (Lipinski definition) is 2. The highest BCUT2D eigenvalue weighted by molar-refractivity contribution is 7.21. The molecule has 0 aliphatic heterocycles. The van der Waals surface area contributed by atoms with Gasteiger partial charge in [0.15, 0.2) is 6.04 Å². The van der Waals surface area contributed by atoms with E-state index in [1.165, 1.54) is 16.9 Å². The van der Waals surface area contributed by atoms with E-state index >= 15 is 0 Å². The summed E-state index contributed by atoms with van der Waals surface area (Å²) in [4.78, 5) is 19.0. The van der Waals surface area contributed by atoms with Gasteiger partial charge in [-0.1, -0.05) is 27.2 Å². The molecule has 1 aliphatic rings. The molecule has 3 N–H and O–H groups in total. The third-order valence-electron chi connectivity index (χ3n) is 6.56. The number of aryl methyl sites for hydroxylation is 1. The predicted molar refractivity (Wildman–Crippen MR) is 119 cm³/mol. The summed E-state index contributed by atoms with van der Waals surface area (Å²) in [5, 5.41) is 7.52. The smallest absolute Gasteiger partial charge is 0.302 e. The van der Waals surface area contributed by atoms with Crippen molar-refractivity contribution >= 4 is 39.0 Å². The summed E-state index contributed by atoms with van der Waals surface area (Å²) in [6.45, 7) is 10.9. The van der Waals surface area contributed by atoms with E-state index < -0.39 is 0 Å². The van der Waals surface area contributed by atoms with E-state index in [2.05, 4.69) is 37.4 Å². The number of nitrogens with one attached hydrogen (secondary N) is 1. The van der Waals surface area contributed by atoms with Gasteiger partial charge in [-0.3, -0.25) is 14.6 Å². The van der Waals surface area contributed by atoms with Crippen LogP contribution in [-0.2, 0) is 12.8 Å². The molecule has 8 heteroatoms. The van der Waals surface area contributed by atoms with Crippen molar-refractivity contribution in [3.8, 4) is 0 Å². The molecule has 0 spiro atoms. The van der Waals surface area contributed by atoms with Crippen molar-refractivity contribution in [1.29, 1.82) is 0 Å². The van der Waals surface area contributed by atoms with Gasteiger partial charge in [-0.25, -0.2) is 4.98 Å². The first-order valence-corrected chi connectivity index (χ1v) is 11.4. The summed E-state index contributed by atoms with van der Waals surface area (Å²) in [5.74, 6) is 0.629. The molecule has 1 atom stereocenters. The zero-order valence-corrected chi connectivity index (χ0v) is 19.1. The number of nitrogens with two attached hydrogens (primary N) is 1. The predicted octanol–water partition coefficient (Wildman–Crippen LogP) is 4.53. The van der Waals surface area contributed by atoms with Crippen molar-refractivity contribution in [3.05, 3.63) is 28.4 Å². The zero-order chi connectivity index (χ0) is 21.6. The van der Waals surface area contributed by atoms with Crippen LogP contribution in [0, 0.1) is 11.3 Å². The van der Waals surface area contributed by atoms with E-state index in [0.717, 1.165) is 41.6 Å². The van der Waals surface area contributed by atoms with Gasteiger partial charge in [0, 0.05) is 11.1 Å². The minimum Gasteiger partial charge on any atom is -0.397 e. The van der Waals surface area contributed by atoms with Crippen LogP contribution in [0.4, 0.5) is 11.6 Å². The van der Waals surface area contributed by atoms with E-state index in [-0.39, 0.29) is 11.9 Å². The Morgan fingerprint density at radius 2 is 2.23 bits per heavy atom. The Morgan fingerprint density at radius 1 is 1.47 bits per heavy atom. The molecule has 160 valence electrons. The average Bonchev–Trinajstić information content (AvgIpc) is 3.31. The SMILES string of the molecule is CCC(C)(C)C1CCc2nc3sc(C(=O)Nc4c[n+](C(C)C)no4)c(N)c3cc2C1. The highest BCUT2D eigenvalue weighted by Gasteiger charge is 2.32. The van der Waals surface area contributed by atoms with E-state index in [4.69, 9.17) is 15.2 Å². The largest absolute Gasteiger partial charge is 0.397 e. The highest BCUT2D eigenvalue weighted by Crippen LogP contribution is 2.42. The monoisotopic (exact) mass is 428 g/mol. The summed E-state index contributed by atoms with van der Waals surface area (Å²) in [5.41, 5.74) is 9.59. The van der Waals surface area contributed by atoms with Gasteiger partial charge >= 0.3 is 5.88 Å². The third kappa shape index (κ3) is 3.69. The Labute approximate surface area is 180 Å². The number of thiophene rings is 1. The van der Waals surface area contributed by atoms with Gasteiger partial charge < -0.3 is 5.73 Å². The number of aromatic nitrogens is 3. The van der Waals surface area contributed by atoms with Gasteiger partial charge in [-0.15, -0.1) is 11.3 Å². The normalized spacial score (nSPS) is 16.8. The first-order chi connectivity index (χ1) is 14.2. The summed E-state index contributed by atoms with van der Waals surface area (Å²) in [6, 6.07) is 2.30. The van der Waals surface area contributed by atoms with E-state index in [1.807, 2.05) is 13.8 Å². The number of amides is 1. The number of rotatable bonds is 5. The summed E-state index contributed by atoms with van der Waals surface area (Å²) in [6.07, 6.45) is 5.97. The maximum Gasteiger partial charge on any atom is 0.302 e. The van der Waals surface area contributed by atoms with Crippen molar-refractivity contribution in [1.82, 2.24) is 10.3 Å². The molecule has 0 saturated carbocycles. The van der Waals surface area contributed by atoms with E-state index in [9.17, 15) is 4.79 Å². The number of nitrogens with zero attached hydrogens (tertiary/aromatic N) is 3. The zero-order valence-electron chi connectivity index (χ0n) is 18.3. The summed E-state index contributed by atoms with van der Waals surface area (Å²) in [7, 11) is 0. The summed E-state index contributed by atoms with van der Waals surface area (Å²) >= 11 is 1.33. The van der Waals surface area contributed by atoms with Crippen LogP contribution in [0.2, 0.25) is 0 Å². The highest BCUT2D eigenvalue weighted by atomic mass is 32.1. The van der Waals surface area contributed by atoms with Crippen molar-refractivity contribution in [3.63, 3.8) is 0 Å². The van der Waals surface area contributed by atoms with Crippen LogP contribution in [0.1, 0.15) is 74.4 Å². The standard InChI is InChI=1S/C22H29N5O2S/c1-6-22(4,5)14-7-8-16-13(9-14)10-15-18(23)19(30-21(15)24-16)20(28)25-17-11-27(12(2)3)26-29-17/h10-12,14H,6-9H2,1-5H3,(H2-,23,25,26,28)/p+1. The molecular weight excluding hydrogens is 398 g/mol. The van der Waals surface area contributed by atoms with Crippen LogP contribution in [0.3, 0.4) is 0 Å². The molecule has 3 aromatic heterocycles. The molecule has 1 amide bonds. The molecule has 0 fully saturated rings.